The van der Waals surface area contributed by atoms with E-state index < -0.39 is 10.0 Å². The van der Waals surface area contributed by atoms with Crippen LogP contribution in [0, 0.1) is 5.92 Å². The molecule has 1 aliphatic carbocycles. The third-order valence-corrected chi connectivity index (χ3v) is 6.61. The SMILES string of the molecule is CCNCc1csc(S(=O)(=O)NC(CC)CC2CC2)c1. The summed E-state index contributed by atoms with van der Waals surface area (Å²) < 4.78 is 28.0. The Kier molecular flexibility index (Phi) is 5.60. The van der Waals surface area contributed by atoms with E-state index in [1.807, 2.05) is 19.2 Å². The highest BCUT2D eigenvalue weighted by Crippen LogP contribution is 2.34. The summed E-state index contributed by atoms with van der Waals surface area (Å²) in [6.07, 6.45) is 4.34. The second-order valence-electron chi connectivity index (χ2n) is 5.46. The first-order valence-electron chi connectivity index (χ1n) is 7.35. The molecule has 0 spiro atoms. The molecule has 2 N–H and O–H groups in total. The van der Waals surface area contributed by atoms with Gasteiger partial charge in [0.2, 0.25) is 10.0 Å². The third kappa shape index (κ3) is 4.55. The van der Waals surface area contributed by atoms with Crippen LogP contribution in [0.1, 0.15) is 45.1 Å². The van der Waals surface area contributed by atoms with Crippen molar-refractivity contribution in [3.05, 3.63) is 17.0 Å². The van der Waals surface area contributed by atoms with E-state index >= 15 is 0 Å². The Bertz CT molecular complexity index is 521. The Morgan fingerprint density at radius 3 is 2.75 bits per heavy atom. The number of hydrogen-bond acceptors (Lipinski definition) is 4. The van der Waals surface area contributed by atoms with Crippen molar-refractivity contribution in [1.29, 1.82) is 0 Å². The molecule has 0 aliphatic heterocycles. The summed E-state index contributed by atoms with van der Waals surface area (Å²) >= 11 is 1.30. The zero-order valence-electron chi connectivity index (χ0n) is 12.2. The standard InChI is InChI=1S/C14H24N2O2S2/c1-3-13(7-11-5-6-11)16-20(17,18)14-8-12(10-19-14)9-15-4-2/h8,10-11,13,15-16H,3-7,9H2,1-2H3. The number of sulfonamides is 1. The first-order chi connectivity index (χ1) is 9.55. The molecule has 0 bridgehead atoms. The van der Waals surface area contributed by atoms with E-state index in [1.54, 1.807) is 6.07 Å². The van der Waals surface area contributed by atoms with Gasteiger partial charge in [-0.25, -0.2) is 13.1 Å². The zero-order chi connectivity index (χ0) is 14.6. The molecule has 1 atom stereocenters. The van der Waals surface area contributed by atoms with E-state index in [0.29, 0.717) is 4.21 Å². The number of rotatable bonds is 9. The maximum absolute atomic E-state index is 12.4. The molecule has 4 nitrogen and oxygen atoms in total. The van der Waals surface area contributed by atoms with Crippen LogP contribution in [-0.2, 0) is 16.6 Å². The van der Waals surface area contributed by atoms with Gasteiger partial charge in [0.25, 0.3) is 0 Å². The molecule has 0 saturated heterocycles. The minimum Gasteiger partial charge on any atom is -0.313 e. The molecule has 0 radical (unpaired) electrons. The molecule has 1 aromatic heterocycles. The second-order valence-corrected chi connectivity index (χ2v) is 8.31. The Hall–Kier alpha value is -0.430. The quantitative estimate of drug-likeness (QED) is 0.736. The van der Waals surface area contributed by atoms with Crippen molar-refractivity contribution in [3.8, 4) is 0 Å². The number of hydrogen-bond donors (Lipinski definition) is 2. The molecule has 1 aliphatic rings. The minimum absolute atomic E-state index is 0.0758. The number of nitrogens with one attached hydrogen (secondary N) is 2. The lowest BCUT2D eigenvalue weighted by Crippen LogP contribution is -2.34. The predicted molar refractivity (Wildman–Crippen MR) is 83.4 cm³/mol. The second kappa shape index (κ2) is 7.02. The molecule has 114 valence electrons. The molecule has 1 heterocycles. The van der Waals surface area contributed by atoms with Gasteiger partial charge in [-0.05, 0) is 42.3 Å². The molecule has 0 amide bonds. The van der Waals surface area contributed by atoms with Gasteiger partial charge in [0, 0.05) is 12.6 Å². The van der Waals surface area contributed by atoms with Gasteiger partial charge in [-0.1, -0.05) is 26.7 Å². The van der Waals surface area contributed by atoms with Crippen LogP contribution in [0.5, 0.6) is 0 Å². The molecular weight excluding hydrogens is 292 g/mol. The monoisotopic (exact) mass is 316 g/mol. The van der Waals surface area contributed by atoms with Crippen LogP contribution in [0.25, 0.3) is 0 Å². The van der Waals surface area contributed by atoms with Gasteiger partial charge < -0.3 is 5.32 Å². The summed E-state index contributed by atoms with van der Waals surface area (Å²) in [7, 11) is -3.35. The highest BCUT2D eigenvalue weighted by molar-refractivity contribution is 7.91. The van der Waals surface area contributed by atoms with E-state index in [0.717, 1.165) is 37.4 Å². The van der Waals surface area contributed by atoms with E-state index in [1.165, 1.54) is 24.2 Å². The fraction of sp³-hybridized carbons (Fsp3) is 0.714. The van der Waals surface area contributed by atoms with E-state index in [4.69, 9.17) is 0 Å². The van der Waals surface area contributed by atoms with Crippen LogP contribution < -0.4 is 10.0 Å². The lowest BCUT2D eigenvalue weighted by molar-refractivity contribution is 0.496. The van der Waals surface area contributed by atoms with Crippen molar-refractivity contribution in [2.75, 3.05) is 6.54 Å². The van der Waals surface area contributed by atoms with Crippen LogP contribution in [0.3, 0.4) is 0 Å². The van der Waals surface area contributed by atoms with Gasteiger partial charge in [-0.2, -0.15) is 0 Å². The Morgan fingerprint density at radius 2 is 2.15 bits per heavy atom. The minimum atomic E-state index is -3.35. The van der Waals surface area contributed by atoms with Crippen LogP contribution in [-0.4, -0.2) is 21.0 Å². The fourth-order valence-electron chi connectivity index (χ4n) is 2.19. The van der Waals surface area contributed by atoms with Gasteiger partial charge in [0.15, 0.2) is 0 Å². The summed E-state index contributed by atoms with van der Waals surface area (Å²) in [5.74, 6) is 0.732. The molecule has 1 unspecified atom stereocenters. The average Bonchev–Trinajstić information content (AvgIpc) is 3.09. The fourth-order valence-corrected chi connectivity index (χ4v) is 4.75. The largest absolute Gasteiger partial charge is 0.313 e. The van der Waals surface area contributed by atoms with E-state index in [-0.39, 0.29) is 6.04 Å². The summed E-state index contributed by atoms with van der Waals surface area (Å²) in [5, 5.41) is 5.12. The third-order valence-electron chi connectivity index (χ3n) is 3.60. The maximum Gasteiger partial charge on any atom is 0.250 e. The van der Waals surface area contributed by atoms with Gasteiger partial charge in [0.05, 0.1) is 0 Å². The van der Waals surface area contributed by atoms with Crippen LogP contribution in [0.15, 0.2) is 15.7 Å². The van der Waals surface area contributed by atoms with Crippen molar-refractivity contribution >= 4 is 21.4 Å². The molecular formula is C14H24N2O2S2. The van der Waals surface area contributed by atoms with Gasteiger partial charge >= 0.3 is 0 Å². The summed E-state index contributed by atoms with van der Waals surface area (Å²) in [5.41, 5.74) is 1.03. The van der Waals surface area contributed by atoms with Gasteiger partial charge in [0.1, 0.15) is 4.21 Å². The van der Waals surface area contributed by atoms with Gasteiger partial charge in [-0.3, -0.25) is 0 Å². The van der Waals surface area contributed by atoms with Crippen molar-refractivity contribution < 1.29 is 8.42 Å². The normalized spacial score (nSPS) is 17.3. The first-order valence-corrected chi connectivity index (χ1v) is 9.72. The van der Waals surface area contributed by atoms with Crippen molar-refractivity contribution in [1.82, 2.24) is 10.0 Å². The molecule has 2 rings (SSSR count). The van der Waals surface area contributed by atoms with Crippen molar-refractivity contribution in [2.24, 2.45) is 5.92 Å². The van der Waals surface area contributed by atoms with Crippen LogP contribution in [0.2, 0.25) is 0 Å². The zero-order valence-corrected chi connectivity index (χ0v) is 13.8. The van der Waals surface area contributed by atoms with Crippen molar-refractivity contribution in [3.63, 3.8) is 0 Å². The molecule has 6 heteroatoms. The van der Waals surface area contributed by atoms with Crippen molar-refractivity contribution in [2.45, 2.75) is 56.3 Å². The molecule has 1 saturated carbocycles. The maximum atomic E-state index is 12.4. The molecule has 1 fully saturated rings. The topological polar surface area (TPSA) is 58.2 Å². The van der Waals surface area contributed by atoms with E-state index in [9.17, 15) is 8.42 Å². The lowest BCUT2D eigenvalue weighted by atomic mass is 10.1. The average molecular weight is 316 g/mol. The Morgan fingerprint density at radius 1 is 1.40 bits per heavy atom. The van der Waals surface area contributed by atoms with Crippen LogP contribution in [0.4, 0.5) is 0 Å². The molecule has 1 aromatic rings. The van der Waals surface area contributed by atoms with Crippen LogP contribution >= 0.6 is 11.3 Å². The van der Waals surface area contributed by atoms with E-state index in [2.05, 4.69) is 10.0 Å². The highest BCUT2D eigenvalue weighted by atomic mass is 32.2. The van der Waals surface area contributed by atoms with Gasteiger partial charge in [-0.15, -0.1) is 11.3 Å². The predicted octanol–water partition coefficient (Wildman–Crippen LogP) is 2.71. The lowest BCUT2D eigenvalue weighted by Gasteiger charge is -2.15. The highest BCUT2D eigenvalue weighted by Gasteiger charge is 2.28. The molecule has 0 aromatic carbocycles. The smallest absolute Gasteiger partial charge is 0.250 e. The Labute approximate surface area is 126 Å². The first kappa shape index (κ1) is 15.9. The molecule has 20 heavy (non-hydrogen) atoms. The summed E-state index contributed by atoms with van der Waals surface area (Å²) in [6, 6.07) is 1.85. The summed E-state index contributed by atoms with van der Waals surface area (Å²) in [4.78, 5) is 0. The summed E-state index contributed by atoms with van der Waals surface area (Å²) in [6.45, 7) is 5.69. The number of thiophene rings is 1. The Balaban J connectivity index is 1.98.